The molecule has 0 radical (unpaired) electrons. The quantitative estimate of drug-likeness (QED) is 0.215. The highest BCUT2D eigenvalue weighted by Crippen LogP contribution is 2.34. The van der Waals surface area contributed by atoms with Gasteiger partial charge in [-0.15, -0.1) is 0 Å². The van der Waals surface area contributed by atoms with Crippen molar-refractivity contribution in [1.29, 1.82) is 0 Å². The predicted molar refractivity (Wildman–Crippen MR) is 36.9 cm³/mol. The second-order valence-corrected chi connectivity index (χ2v) is 3.10. The van der Waals surface area contributed by atoms with Crippen molar-refractivity contribution in [3.05, 3.63) is 0 Å². The van der Waals surface area contributed by atoms with Crippen molar-refractivity contribution in [3.8, 4) is 0 Å². The Morgan fingerprint density at radius 1 is 1.08 bits per heavy atom. The van der Waals surface area contributed by atoms with Gasteiger partial charge in [-0.05, 0) is 5.48 Å². The minimum Gasteiger partial charge on any atom is -0.388 e. The van der Waals surface area contributed by atoms with Gasteiger partial charge < -0.3 is 20.4 Å². The van der Waals surface area contributed by atoms with E-state index in [1.54, 1.807) is 0 Å². The van der Waals surface area contributed by atoms with Crippen LogP contribution in [0, 0.1) is 0 Å². The zero-order valence-electron chi connectivity index (χ0n) is 6.29. The van der Waals surface area contributed by atoms with Crippen LogP contribution in [-0.2, 0) is 4.47 Å². The molecular weight excluding hydrogens is 166 g/mol. The van der Waals surface area contributed by atoms with E-state index in [1.807, 2.05) is 0 Å². The number of hydrogen-bond acceptors (Lipinski definition) is 5. The van der Waals surface area contributed by atoms with E-state index in [-0.39, 0.29) is 6.61 Å². The lowest BCUT2D eigenvalue weighted by Gasteiger charge is -2.27. The molecule has 6 nitrogen and oxygen atoms in total. The van der Waals surface area contributed by atoms with Gasteiger partial charge in [0.15, 0.2) is 12.2 Å². The molecule has 6 heteroatoms. The summed E-state index contributed by atoms with van der Waals surface area (Å²) in [6, 6.07) is 0. The Hall–Kier alpha value is -0.240. The maximum Gasteiger partial charge on any atom is 0.322 e. The fourth-order valence-corrected chi connectivity index (χ4v) is 1.54. The van der Waals surface area contributed by atoms with Gasteiger partial charge in [0.05, 0.1) is 0 Å². The summed E-state index contributed by atoms with van der Waals surface area (Å²) >= 11 is 0. The number of aliphatic hydroxyl groups is 4. The molecule has 0 bridgehead atoms. The van der Waals surface area contributed by atoms with Crippen LogP contribution in [0.1, 0.15) is 0 Å². The molecule has 5 N–H and O–H groups in total. The number of rotatable bonds is 1. The zero-order chi connectivity index (χ0) is 8.88. The van der Waals surface area contributed by atoms with Crippen molar-refractivity contribution in [2.24, 2.45) is 0 Å². The fraction of sp³-hybridized carbons (Fsp3) is 1.00. The molecule has 2 saturated heterocycles. The van der Waals surface area contributed by atoms with Gasteiger partial charge in [-0.2, -0.15) is 0 Å². The number of hydrogen-bond donors (Lipinski definition) is 5. The summed E-state index contributed by atoms with van der Waals surface area (Å²) in [5.74, 6) is 0. The highest BCUT2D eigenvalue weighted by molar-refractivity contribution is 4.97. The molecule has 2 aliphatic heterocycles. The lowest BCUT2D eigenvalue weighted by molar-refractivity contribution is -0.222. The first kappa shape index (κ1) is 8.36. The molecule has 0 aromatic heterocycles. The standard InChI is InChI=1S/C6H12NO5/c8-1-2-3(9)4(10)5(11)6-7-12(2)6/h2-11H,1H2/q+1/t2-,3-,4+,5+,6-/m1/s1. The number of hydroxylamine groups is 1. The molecule has 2 rings (SSSR count). The van der Waals surface area contributed by atoms with Gasteiger partial charge in [-0.25, -0.2) is 0 Å². The molecule has 12 heavy (non-hydrogen) atoms. The van der Waals surface area contributed by atoms with E-state index < -0.39 is 30.6 Å². The van der Waals surface area contributed by atoms with Crippen LogP contribution >= 0.6 is 0 Å². The average Bonchev–Trinajstić information content (AvgIpc) is 2.81. The summed E-state index contributed by atoms with van der Waals surface area (Å²) in [6.07, 6.45) is -4.37. The van der Waals surface area contributed by atoms with Gasteiger partial charge in [-0.3, -0.25) is 4.47 Å². The van der Waals surface area contributed by atoms with E-state index in [1.165, 1.54) is 0 Å². The molecular formula is C6H12NO5+. The van der Waals surface area contributed by atoms with E-state index in [9.17, 15) is 15.3 Å². The lowest BCUT2D eigenvalue weighted by atomic mass is 10.0. The molecule has 2 aliphatic rings. The summed E-state index contributed by atoms with van der Waals surface area (Å²) < 4.78 is 2.33. The summed E-state index contributed by atoms with van der Waals surface area (Å²) in [5, 5.41) is 36.6. The van der Waals surface area contributed by atoms with Gasteiger partial charge >= 0.3 is 6.23 Å². The Morgan fingerprint density at radius 2 is 1.75 bits per heavy atom. The molecule has 0 aromatic rings. The maximum atomic E-state index is 9.33. The molecule has 5 atom stereocenters. The van der Waals surface area contributed by atoms with Crippen molar-refractivity contribution >= 4 is 0 Å². The van der Waals surface area contributed by atoms with Crippen LogP contribution in [0.2, 0.25) is 0 Å². The van der Waals surface area contributed by atoms with Gasteiger partial charge in [0.25, 0.3) is 0 Å². The molecule has 0 saturated carbocycles. The highest BCUT2D eigenvalue weighted by atomic mass is 17.0. The third kappa shape index (κ3) is 0.972. The summed E-state index contributed by atoms with van der Waals surface area (Å²) in [5.41, 5.74) is 2.66. The summed E-state index contributed by atoms with van der Waals surface area (Å²) in [6.45, 7) is -0.279. The predicted octanol–water partition coefficient (Wildman–Crippen LogP) is -3.16. The zero-order valence-corrected chi connectivity index (χ0v) is 6.29. The second kappa shape index (κ2) is 2.63. The van der Waals surface area contributed by atoms with Gasteiger partial charge in [0.2, 0.25) is 6.10 Å². The topological polar surface area (TPSA) is 106 Å². The lowest BCUT2D eigenvalue weighted by Crippen LogP contribution is -2.54. The smallest absolute Gasteiger partial charge is 0.322 e. The van der Waals surface area contributed by atoms with E-state index in [0.717, 1.165) is 0 Å². The summed E-state index contributed by atoms with van der Waals surface area (Å²) in [4.78, 5) is 0. The monoisotopic (exact) mass is 178 g/mol. The summed E-state index contributed by atoms with van der Waals surface area (Å²) in [7, 11) is 0. The third-order valence-electron chi connectivity index (χ3n) is 2.37. The van der Waals surface area contributed by atoms with Gasteiger partial charge in [0, 0.05) is 0 Å². The van der Waals surface area contributed by atoms with Crippen LogP contribution in [0.3, 0.4) is 0 Å². The molecule has 0 unspecified atom stereocenters. The number of nitrogens with one attached hydrogen (secondary N) is 1. The van der Waals surface area contributed by atoms with Crippen molar-refractivity contribution in [2.45, 2.75) is 30.6 Å². The van der Waals surface area contributed by atoms with Crippen molar-refractivity contribution in [3.63, 3.8) is 0 Å². The third-order valence-corrected chi connectivity index (χ3v) is 2.37. The van der Waals surface area contributed by atoms with Crippen LogP contribution in [0.5, 0.6) is 0 Å². The molecule has 0 amide bonds. The average molecular weight is 178 g/mol. The number of fused-ring (bicyclic) bond motifs is 1. The van der Waals surface area contributed by atoms with Crippen LogP contribution in [0.4, 0.5) is 0 Å². The van der Waals surface area contributed by atoms with Crippen molar-refractivity contribution in [1.82, 2.24) is 5.48 Å². The van der Waals surface area contributed by atoms with Crippen LogP contribution in [-0.4, -0.2) is 57.7 Å². The van der Waals surface area contributed by atoms with Crippen LogP contribution in [0.25, 0.3) is 0 Å². The molecule has 0 aliphatic carbocycles. The minimum atomic E-state index is -1.20. The normalized spacial score (nSPS) is 53.5. The van der Waals surface area contributed by atoms with Crippen molar-refractivity contribution in [2.75, 3.05) is 6.61 Å². The van der Waals surface area contributed by atoms with Gasteiger partial charge in [0.1, 0.15) is 12.7 Å². The van der Waals surface area contributed by atoms with E-state index in [2.05, 4.69) is 9.95 Å². The Labute approximate surface area is 68.7 Å². The second-order valence-electron chi connectivity index (χ2n) is 3.10. The molecule has 2 heterocycles. The number of aliphatic hydroxyl groups excluding tert-OH is 4. The Bertz CT molecular complexity index is 189. The largest absolute Gasteiger partial charge is 0.388 e. The van der Waals surface area contributed by atoms with E-state index in [4.69, 9.17) is 5.11 Å². The Morgan fingerprint density at radius 3 is 2.33 bits per heavy atom. The highest BCUT2D eigenvalue weighted by Gasteiger charge is 2.65. The van der Waals surface area contributed by atoms with Crippen molar-refractivity contribution < 1.29 is 24.9 Å². The van der Waals surface area contributed by atoms with E-state index >= 15 is 0 Å². The van der Waals surface area contributed by atoms with Crippen LogP contribution < -0.4 is 5.48 Å². The first-order chi connectivity index (χ1) is 5.66. The Kier molecular flexibility index (Phi) is 1.83. The Balaban J connectivity index is 2.11. The molecule has 2 fully saturated rings. The molecule has 0 spiro atoms. The maximum absolute atomic E-state index is 9.33. The van der Waals surface area contributed by atoms with E-state index in [0.29, 0.717) is 0 Å². The van der Waals surface area contributed by atoms with Gasteiger partial charge in [-0.1, -0.05) is 0 Å². The minimum absolute atomic E-state index is 0.279. The first-order valence-electron chi connectivity index (χ1n) is 3.80. The molecule has 70 valence electrons. The SMILES string of the molecule is OC[C@@H]1[C@@H](O)[C@H](O)[C@H](O)[C@@H]2N[O+]12. The first-order valence-corrected chi connectivity index (χ1v) is 3.80. The van der Waals surface area contributed by atoms with Crippen LogP contribution in [0.15, 0.2) is 0 Å². The fourth-order valence-electron chi connectivity index (χ4n) is 1.54. The molecule has 0 aromatic carbocycles.